The Kier molecular flexibility index (Phi) is 5.72. The summed E-state index contributed by atoms with van der Waals surface area (Å²) in [5.41, 5.74) is 0.850. The smallest absolute Gasteiger partial charge is 0.362 e. The molecule has 1 aromatic carbocycles. The zero-order valence-corrected chi connectivity index (χ0v) is 10.2. The summed E-state index contributed by atoms with van der Waals surface area (Å²) in [5.74, 6) is 0.904. The van der Waals surface area contributed by atoms with Gasteiger partial charge in [-0.25, -0.2) is 9.59 Å². The van der Waals surface area contributed by atoms with Gasteiger partial charge in [-0.05, 0) is 24.6 Å². The van der Waals surface area contributed by atoms with Gasteiger partial charge in [-0.1, -0.05) is 12.1 Å². The lowest BCUT2D eigenvalue weighted by atomic mass is 10.2. The molecule has 19 heavy (non-hydrogen) atoms. The van der Waals surface area contributed by atoms with Crippen molar-refractivity contribution in [3.63, 3.8) is 0 Å². The Labute approximate surface area is 109 Å². The van der Waals surface area contributed by atoms with Gasteiger partial charge >= 0.3 is 5.97 Å². The van der Waals surface area contributed by atoms with Crippen LogP contribution in [0.1, 0.15) is 12.5 Å². The van der Waals surface area contributed by atoms with Crippen molar-refractivity contribution in [1.82, 2.24) is 0 Å². The molecule has 0 aliphatic rings. The normalized spacial score (nSPS) is 11.1. The first-order valence-electron chi connectivity index (χ1n) is 5.45. The molecule has 0 saturated carbocycles. The fourth-order valence-corrected chi connectivity index (χ4v) is 1.14. The molecule has 0 bridgehead atoms. The summed E-state index contributed by atoms with van der Waals surface area (Å²) in [4.78, 5) is 21.4. The van der Waals surface area contributed by atoms with Crippen LogP contribution in [-0.2, 0) is 14.3 Å². The molecule has 0 saturated heterocycles. The summed E-state index contributed by atoms with van der Waals surface area (Å²) in [7, 11) is 0. The van der Waals surface area contributed by atoms with Crippen LogP contribution < -0.4 is 0 Å². The quantitative estimate of drug-likeness (QED) is 0.290. The molecule has 0 atom stereocenters. The van der Waals surface area contributed by atoms with E-state index in [-0.39, 0.29) is 12.3 Å². The minimum absolute atomic E-state index is 0.179. The number of nitrogens with zero attached hydrogens (tertiary/aromatic N) is 2. The van der Waals surface area contributed by atoms with E-state index in [0.717, 1.165) is 0 Å². The third kappa shape index (κ3) is 4.57. The minimum Gasteiger partial charge on any atom is -0.513 e. The molecule has 1 N–H and O–H groups in total. The molecule has 1 aromatic rings. The summed E-state index contributed by atoms with van der Waals surface area (Å²) in [5, 5.41) is 16.2. The number of carbonyl (C=O) groups is 1. The minimum atomic E-state index is -0.755. The Morgan fingerprint density at radius 3 is 2.63 bits per heavy atom. The lowest BCUT2D eigenvalue weighted by Gasteiger charge is -1.99. The molecule has 0 spiro atoms. The Morgan fingerprint density at radius 1 is 1.42 bits per heavy atom. The van der Waals surface area contributed by atoms with Crippen molar-refractivity contribution in [2.45, 2.75) is 6.92 Å². The van der Waals surface area contributed by atoms with Gasteiger partial charge in [0.15, 0.2) is 0 Å². The highest BCUT2D eigenvalue weighted by Crippen LogP contribution is 2.15. The van der Waals surface area contributed by atoms with Crippen LogP contribution >= 0.6 is 0 Å². The Morgan fingerprint density at radius 2 is 2.11 bits per heavy atom. The van der Waals surface area contributed by atoms with Gasteiger partial charge in [-0.15, -0.1) is 5.11 Å². The van der Waals surface area contributed by atoms with Crippen LogP contribution in [0.25, 0.3) is 6.08 Å². The van der Waals surface area contributed by atoms with E-state index in [1.54, 1.807) is 37.1 Å². The number of hydrogen-bond acceptors (Lipinski definition) is 6. The van der Waals surface area contributed by atoms with E-state index in [4.69, 9.17) is 5.11 Å². The molecule has 0 amide bonds. The van der Waals surface area contributed by atoms with Crippen molar-refractivity contribution >= 4 is 23.7 Å². The highest BCUT2D eigenvalue weighted by atomic mass is 16.5. The van der Waals surface area contributed by atoms with Crippen molar-refractivity contribution in [3.8, 4) is 0 Å². The molecule has 0 unspecified atom stereocenters. The maximum atomic E-state index is 11.3. The number of ether oxygens (including phenoxy) is 1. The lowest BCUT2D eigenvalue weighted by molar-refractivity contribution is -0.138. The molecule has 0 aliphatic carbocycles. The highest BCUT2D eigenvalue weighted by Gasteiger charge is 2.09. The van der Waals surface area contributed by atoms with Gasteiger partial charge in [0.1, 0.15) is 12.2 Å². The monoisotopic (exact) mass is 260 g/mol. The number of esters is 1. The van der Waals surface area contributed by atoms with E-state index in [2.05, 4.69) is 15.0 Å². The average molecular weight is 260 g/mol. The molecule has 0 aliphatic heterocycles. The van der Waals surface area contributed by atoms with Crippen molar-refractivity contribution < 1.29 is 19.4 Å². The fraction of sp³-hybridized carbons (Fsp3) is 0.154. The predicted octanol–water partition coefficient (Wildman–Crippen LogP) is 2.58. The van der Waals surface area contributed by atoms with Crippen LogP contribution in [0.3, 0.4) is 0 Å². The van der Waals surface area contributed by atoms with E-state index < -0.39 is 5.97 Å². The van der Waals surface area contributed by atoms with E-state index in [9.17, 15) is 9.59 Å². The Hall–Kier alpha value is -2.72. The van der Waals surface area contributed by atoms with Crippen LogP contribution in [0.4, 0.5) is 5.69 Å². The van der Waals surface area contributed by atoms with Crippen LogP contribution in [0.2, 0.25) is 0 Å². The third-order valence-corrected chi connectivity index (χ3v) is 2.00. The van der Waals surface area contributed by atoms with Gasteiger partial charge in [-0.2, -0.15) is 5.11 Å². The van der Waals surface area contributed by atoms with E-state index in [0.29, 0.717) is 17.5 Å². The second-order valence-corrected chi connectivity index (χ2v) is 3.29. The van der Waals surface area contributed by atoms with Crippen molar-refractivity contribution in [2.75, 3.05) is 6.61 Å². The molecule has 0 fully saturated rings. The van der Waals surface area contributed by atoms with Gasteiger partial charge in [-0.3, -0.25) is 0 Å². The second kappa shape index (κ2) is 7.58. The molecule has 6 nitrogen and oxygen atoms in total. The molecular weight excluding hydrogens is 248 g/mol. The standard InChI is InChI=1S/C13H12N2O4/c1-2-19-13(18)12(9-17)15-14-11-5-3-10(4-6-11)7-8-16/h3-7,9,17H,2H2,1H3. The average Bonchev–Trinajstić information content (AvgIpc) is 2.42. The van der Waals surface area contributed by atoms with Crippen molar-refractivity contribution in [3.05, 3.63) is 41.8 Å². The van der Waals surface area contributed by atoms with E-state index >= 15 is 0 Å². The van der Waals surface area contributed by atoms with Crippen LogP contribution in [0, 0.1) is 0 Å². The van der Waals surface area contributed by atoms with Gasteiger partial charge in [0.25, 0.3) is 0 Å². The van der Waals surface area contributed by atoms with Crippen LogP contribution in [0.15, 0.2) is 46.5 Å². The van der Waals surface area contributed by atoms with Gasteiger partial charge in [0.05, 0.1) is 12.3 Å². The van der Waals surface area contributed by atoms with Gasteiger partial charge < -0.3 is 9.84 Å². The molecule has 1 rings (SSSR count). The molecule has 0 radical (unpaired) electrons. The zero-order valence-electron chi connectivity index (χ0n) is 10.2. The molecule has 0 heterocycles. The number of aliphatic hydroxyl groups is 1. The van der Waals surface area contributed by atoms with Crippen molar-refractivity contribution in [2.24, 2.45) is 10.2 Å². The van der Waals surface area contributed by atoms with Crippen LogP contribution in [0.5, 0.6) is 0 Å². The molecule has 6 heteroatoms. The number of rotatable bonds is 5. The topological polar surface area (TPSA) is 88.3 Å². The summed E-state index contributed by atoms with van der Waals surface area (Å²) in [6, 6.07) is 6.50. The van der Waals surface area contributed by atoms with E-state index in [1.165, 1.54) is 6.08 Å². The largest absolute Gasteiger partial charge is 0.513 e. The Bertz CT molecular complexity index is 540. The summed E-state index contributed by atoms with van der Waals surface area (Å²) < 4.78 is 4.67. The number of azo groups is 1. The maximum absolute atomic E-state index is 11.3. The molecular formula is C13H12N2O4. The molecule has 0 aromatic heterocycles. The number of aliphatic hydroxyl groups excluding tert-OH is 1. The van der Waals surface area contributed by atoms with Crippen LogP contribution in [-0.4, -0.2) is 23.6 Å². The predicted molar refractivity (Wildman–Crippen MR) is 68.5 cm³/mol. The second-order valence-electron chi connectivity index (χ2n) is 3.29. The lowest BCUT2D eigenvalue weighted by Crippen LogP contribution is -2.05. The summed E-state index contributed by atoms with van der Waals surface area (Å²) in [6.07, 6.45) is 1.81. The zero-order chi connectivity index (χ0) is 14.1. The first kappa shape index (κ1) is 14.3. The first-order valence-corrected chi connectivity index (χ1v) is 5.45. The maximum Gasteiger partial charge on any atom is 0.362 e. The third-order valence-electron chi connectivity index (χ3n) is 2.00. The SMILES string of the molecule is CCOC(=O)C(=CO)N=Nc1ccc(C=C=O)cc1. The van der Waals surface area contributed by atoms with E-state index in [1.807, 2.05) is 0 Å². The molecule has 98 valence electrons. The highest BCUT2D eigenvalue weighted by molar-refractivity contribution is 5.87. The van der Waals surface area contributed by atoms with Gasteiger partial charge in [0.2, 0.25) is 5.70 Å². The first-order chi connectivity index (χ1) is 9.21. The fourth-order valence-electron chi connectivity index (χ4n) is 1.14. The summed E-state index contributed by atoms with van der Waals surface area (Å²) in [6.45, 7) is 1.82. The number of hydrogen-bond donors (Lipinski definition) is 1. The number of benzene rings is 1. The van der Waals surface area contributed by atoms with Crippen molar-refractivity contribution in [1.29, 1.82) is 0 Å². The Balaban J connectivity index is 2.80. The van der Waals surface area contributed by atoms with Gasteiger partial charge in [0, 0.05) is 6.08 Å². The number of carbonyl (C=O) groups excluding carboxylic acids is 2. The summed E-state index contributed by atoms with van der Waals surface area (Å²) >= 11 is 0.